The lowest BCUT2D eigenvalue weighted by molar-refractivity contribution is 0.199. The number of sulfone groups is 1. The summed E-state index contributed by atoms with van der Waals surface area (Å²) in [5.74, 6) is 0.303. The van der Waals surface area contributed by atoms with Crippen molar-refractivity contribution >= 4 is 9.84 Å². The van der Waals surface area contributed by atoms with Gasteiger partial charge >= 0.3 is 0 Å². The second-order valence-corrected chi connectivity index (χ2v) is 7.05. The summed E-state index contributed by atoms with van der Waals surface area (Å²) in [5, 5.41) is 10.0. The molecule has 3 nitrogen and oxygen atoms in total. The molecule has 1 fully saturated rings. The average Bonchev–Trinajstić information content (AvgIpc) is 2.13. The molecule has 94 valence electrons. The molecule has 0 bridgehead atoms. The summed E-state index contributed by atoms with van der Waals surface area (Å²) in [6.45, 7) is 0. The Morgan fingerprint density at radius 2 is 2.00 bits per heavy atom. The fraction of sp³-hybridized carbons (Fsp3) is 0.538. The topological polar surface area (TPSA) is 54.4 Å². The fourth-order valence-corrected chi connectivity index (χ4v) is 3.04. The zero-order valence-electron chi connectivity index (χ0n) is 9.96. The van der Waals surface area contributed by atoms with Gasteiger partial charge in [-0.15, -0.1) is 0 Å². The summed E-state index contributed by atoms with van der Waals surface area (Å²) in [6.07, 6.45) is 3.76. The Hall–Kier alpha value is -0.870. The predicted octanol–water partition coefficient (Wildman–Crippen LogP) is 2.03. The van der Waals surface area contributed by atoms with E-state index in [1.54, 1.807) is 0 Å². The number of hydrogen-bond donors (Lipinski definition) is 1. The predicted molar refractivity (Wildman–Crippen MR) is 67.7 cm³/mol. The summed E-state index contributed by atoms with van der Waals surface area (Å²) < 4.78 is 22.4. The van der Waals surface area contributed by atoms with E-state index in [4.69, 9.17) is 0 Å². The van der Waals surface area contributed by atoms with Gasteiger partial charge in [0.1, 0.15) is 9.84 Å². The molecule has 1 N–H and O–H groups in total. The van der Waals surface area contributed by atoms with Crippen molar-refractivity contribution in [1.29, 1.82) is 0 Å². The van der Waals surface area contributed by atoms with E-state index in [0.717, 1.165) is 30.2 Å². The largest absolute Gasteiger partial charge is 0.387 e. The second kappa shape index (κ2) is 4.78. The van der Waals surface area contributed by atoms with Gasteiger partial charge in [0.2, 0.25) is 0 Å². The molecule has 1 aliphatic carbocycles. The molecule has 1 aromatic carbocycles. The molecule has 0 radical (unpaired) electrons. The van der Waals surface area contributed by atoms with Crippen molar-refractivity contribution in [2.24, 2.45) is 0 Å². The summed E-state index contributed by atoms with van der Waals surface area (Å²) in [4.78, 5) is 0. The maximum absolute atomic E-state index is 11.2. The van der Waals surface area contributed by atoms with Crippen molar-refractivity contribution in [1.82, 2.24) is 0 Å². The summed E-state index contributed by atoms with van der Waals surface area (Å²) in [7, 11) is -3.15. The highest BCUT2D eigenvalue weighted by atomic mass is 32.2. The maximum atomic E-state index is 11.2. The molecule has 0 saturated heterocycles. The monoisotopic (exact) mass is 254 g/mol. The zero-order valence-corrected chi connectivity index (χ0v) is 10.8. The van der Waals surface area contributed by atoms with Gasteiger partial charge in [0.25, 0.3) is 0 Å². The Morgan fingerprint density at radius 1 is 1.35 bits per heavy atom. The van der Waals surface area contributed by atoms with E-state index in [0.29, 0.717) is 5.92 Å². The zero-order chi connectivity index (χ0) is 12.5. The van der Waals surface area contributed by atoms with Crippen molar-refractivity contribution in [2.75, 3.05) is 12.0 Å². The van der Waals surface area contributed by atoms with Crippen LogP contribution in [0.4, 0.5) is 0 Å². The minimum absolute atomic E-state index is 0.198. The highest BCUT2D eigenvalue weighted by molar-refractivity contribution is 7.90. The van der Waals surface area contributed by atoms with Gasteiger partial charge in [0.05, 0.1) is 11.9 Å². The Labute approximate surface area is 102 Å². The highest BCUT2D eigenvalue weighted by Crippen LogP contribution is 2.39. The first-order chi connectivity index (χ1) is 7.97. The number of aliphatic hydroxyl groups is 1. The minimum Gasteiger partial charge on any atom is -0.387 e. The van der Waals surface area contributed by atoms with Gasteiger partial charge in [-0.05, 0) is 29.9 Å². The van der Waals surface area contributed by atoms with Crippen LogP contribution in [0.3, 0.4) is 0 Å². The van der Waals surface area contributed by atoms with Gasteiger partial charge in [-0.2, -0.15) is 0 Å². The van der Waals surface area contributed by atoms with E-state index < -0.39 is 15.9 Å². The number of aliphatic hydroxyl groups excluding tert-OH is 1. The molecule has 0 spiro atoms. The van der Waals surface area contributed by atoms with E-state index >= 15 is 0 Å². The van der Waals surface area contributed by atoms with Crippen LogP contribution in [-0.2, 0) is 9.84 Å². The minimum atomic E-state index is -3.15. The molecule has 0 aliphatic heterocycles. The van der Waals surface area contributed by atoms with Gasteiger partial charge < -0.3 is 5.11 Å². The molecule has 17 heavy (non-hydrogen) atoms. The van der Waals surface area contributed by atoms with E-state index in [1.165, 1.54) is 6.42 Å². The molecular formula is C13H18O3S. The SMILES string of the molecule is CS(=O)(=O)CC(O)c1ccccc1C1CCC1. The molecule has 4 heteroatoms. The number of hydrogen-bond acceptors (Lipinski definition) is 3. The molecule has 0 heterocycles. The lowest BCUT2D eigenvalue weighted by Crippen LogP contribution is -2.17. The first-order valence-corrected chi connectivity index (χ1v) is 7.98. The van der Waals surface area contributed by atoms with Crippen LogP contribution in [0.25, 0.3) is 0 Å². The second-order valence-electron chi connectivity index (χ2n) is 4.86. The smallest absolute Gasteiger partial charge is 0.150 e. The van der Waals surface area contributed by atoms with Crippen molar-refractivity contribution in [3.05, 3.63) is 35.4 Å². The summed E-state index contributed by atoms with van der Waals surface area (Å²) in [5.41, 5.74) is 1.90. The highest BCUT2D eigenvalue weighted by Gasteiger charge is 2.25. The van der Waals surface area contributed by atoms with Gasteiger partial charge in [-0.1, -0.05) is 30.7 Å². The van der Waals surface area contributed by atoms with Gasteiger partial charge in [0.15, 0.2) is 0 Å². The van der Waals surface area contributed by atoms with Crippen LogP contribution in [0.1, 0.15) is 42.4 Å². The van der Waals surface area contributed by atoms with Crippen LogP contribution in [0.5, 0.6) is 0 Å². The first kappa shape index (κ1) is 12.6. The Morgan fingerprint density at radius 3 is 2.53 bits per heavy atom. The fourth-order valence-electron chi connectivity index (χ4n) is 2.28. The van der Waals surface area contributed by atoms with Gasteiger partial charge in [0, 0.05) is 6.26 Å². The third-order valence-electron chi connectivity index (χ3n) is 3.36. The average molecular weight is 254 g/mol. The lowest BCUT2D eigenvalue weighted by atomic mass is 9.77. The quantitative estimate of drug-likeness (QED) is 0.894. The van der Waals surface area contributed by atoms with Crippen LogP contribution in [0.2, 0.25) is 0 Å². The summed E-state index contributed by atoms with van der Waals surface area (Å²) >= 11 is 0. The molecule has 1 aromatic rings. The van der Waals surface area contributed by atoms with Gasteiger partial charge in [-0.25, -0.2) is 8.42 Å². The van der Waals surface area contributed by atoms with Crippen LogP contribution >= 0.6 is 0 Å². The molecule has 1 unspecified atom stereocenters. The normalized spacial score (nSPS) is 18.7. The van der Waals surface area contributed by atoms with Crippen LogP contribution in [-0.4, -0.2) is 25.5 Å². The summed E-state index contributed by atoms with van der Waals surface area (Å²) in [6, 6.07) is 7.64. The van der Waals surface area contributed by atoms with Crippen LogP contribution in [0.15, 0.2) is 24.3 Å². The Balaban J connectivity index is 2.24. The van der Waals surface area contributed by atoms with Crippen LogP contribution < -0.4 is 0 Å². The molecule has 1 aliphatic rings. The number of rotatable bonds is 4. The molecular weight excluding hydrogens is 236 g/mol. The molecule has 0 amide bonds. The first-order valence-electron chi connectivity index (χ1n) is 5.92. The standard InChI is InChI=1S/C13H18O3S/c1-17(15,16)9-13(14)12-8-3-2-7-11(12)10-5-4-6-10/h2-3,7-8,10,13-14H,4-6,9H2,1H3. The molecule has 2 rings (SSSR count). The Kier molecular flexibility index (Phi) is 3.54. The van der Waals surface area contributed by atoms with E-state index in [9.17, 15) is 13.5 Å². The Bertz CT molecular complexity index is 489. The lowest BCUT2D eigenvalue weighted by Gasteiger charge is -2.29. The van der Waals surface area contributed by atoms with Crippen molar-refractivity contribution < 1.29 is 13.5 Å². The van der Waals surface area contributed by atoms with Crippen LogP contribution in [0, 0.1) is 0 Å². The molecule has 1 saturated carbocycles. The molecule has 0 aromatic heterocycles. The van der Waals surface area contributed by atoms with Gasteiger partial charge in [-0.3, -0.25) is 0 Å². The van der Waals surface area contributed by atoms with E-state index in [-0.39, 0.29) is 5.75 Å². The van der Waals surface area contributed by atoms with Crippen molar-refractivity contribution in [3.63, 3.8) is 0 Å². The molecule has 1 atom stereocenters. The maximum Gasteiger partial charge on any atom is 0.150 e. The third-order valence-corrected chi connectivity index (χ3v) is 4.28. The van der Waals surface area contributed by atoms with Crippen molar-refractivity contribution in [3.8, 4) is 0 Å². The third kappa shape index (κ3) is 3.07. The van der Waals surface area contributed by atoms with Crippen molar-refractivity contribution in [2.45, 2.75) is 31.3 Å². The number of benzene rings is 1. The van der Waals surface area contributed by atoms with E-state index in [2.05, 4.69) is 0 Å². The van der Waals surface area contributed by atoms with E-state index in [1.807, 2.05) is 24.3 Å².